The Morgan fingerprint density at radius 3 is 2.67 bits per heavy atom. The minimum atomic E-state index is -1.16. The molecule has 12 heavy (non-hydrogen) atoms. The van der Waals surface area contributed by atoms with Gasteiger partial charge in [0.1, 0.15) is 6.04 Å². The first-order valence-electron chi connectivity index (χ1n) is 4.16. The molecule has 0 fully saturated rings. The molecule has 1 aromatic rings. The fourth-order valence-corrected chi connectivity index (χ4v) is 0.843. The Bertz CT molecular complexity index is 289. The van der Waals surface area contributed by atoms with Crippen molar-refractivity contribution in [2.45, 2.75) is 12.4 Å². The summed E-state index contributed by atoms with van der Waals surface area (Å²) in [7, 11) is 0. The highest BCUT2D eigenvalue weighted by molar-refractivity contribution is 5.73. The molecule has 0 unspecified atom stereocenters. The number of hydrogen-bond donors (Lipinski definition) is 2. The molecule has 64 valence electrons. The van der Waals surface area contributed by atoms with Crippen LogP contribution in [0.2, 0.25) is 0 Å². The van der Waals surface area contributed by atoms with Crippen molar-refractivity contribution in [1.29, 1.82) is 0 Å². The molecule has 0 saturated heterocycles. The highest BCUT2D eigenvalue weighted by Crippen LogP contribution is 2.01. The minimum absolute atomic E-state index is 0.623. The van der Waals surface area contributed by atoms with Gasteiger partial charge in [0.25, 0.3) is 0 Å². The predicted octanol–water partition coefficient (Wildman–Crippen LogP) is 0.641. The molecule has 0 amide bonds. The quantitative estimate of drug-likeness (QED) is 0.694. The molecule has 3 nitrogen and oxygen atoms in total. The monoisotopic (exact) mass is 167 g/mol. The van der Waals surface area contributed by atoms with E-state index < -0.39 is 18.4 Å². The van der Waals surface area contributed by atoms with Gasteiger partial charge in [0, 0.05) is 1.37 Å². The van der Waals surface area contributed by atoms with Gasteiger partial charge in [-0.15, -0.1) is 0 Å². The Morgan fingerprint density at radius 1 is 1.58 bits per heavy atom. The van der Waals surface area contributed by atoms with Gasteiger partial charge in [0.05, 0.1) is 0 Å². The SMILES string of the molecule is [3H][C@@H](c1ccccc1)[C@H](N)C(=O)O. The lowest BCUT2D eigenvalue weighted by Gasteiger charge is -2.04. The lowest BCUT2D eigenvalue weighted by Crippen LogP contribution is -2.32. The summed E-state index contributed by atoms with van der Waals surface area (Å²) in [6.45, 7) is 0. The summed E-state index contributed by atoms with van der Waals surface area (Å²) < 4.78 is 7.54. The number of benzene rings is 1. The lowest BCUT2D eigenvalue weighted by molar-refractivity contribution is -0.138. The van der Waals surface area contributed by atoms with Crippen LogP contribution in [-0.4, -0.2) is 17.1 Å². The molecule has 1 rings (SSSR count). The van der Waals surface area contributed by atoms with Gasteiger partial charge in [-0.25, -0.2) is 0 Å². The van der Waals surface area contributed by atoms with Crippen molar-refractivity contribution in [3.8, 4) is 0 Å². The fourth-order valence-electron chi connectivity index (χ4n) is 0.843. The highest BCUT2D eigenvalue weighted by Gasteiger charge is 2.10. The summed E-state index contributed by atoms with van der Waals surface area (Å²) in [5.74, 6) is -1.15. The molecule has 2 atom stereocenters. The van der Waals surface area contributed by atoms with Crippen molar-refractivity contribution in [2.75, 3.05) is 0 Å². The topological polar surface area (TPSA) is 63.3 Å². The van der Waals surface area contributed by atoms with E-state index in [4.69, 9.17) is 12.2 Å². The van der Waals surface area contributed by atoms with E-state index >= 15 is 0 Å². The maximum Gasteiger partial charge on any atom is 0.320 e. The Kier molecular flexibility index (Phi) is 2.36. The number of hydrogen-bond acceptors (Lipinski definition) is 2. The highest BCUT2D eigenvalue weighted by atomic mass is 16.4. The first-order chi connectivity index (χ1) is 6.13. The molecule has 0 heterocycles. The molecular weight excluding hydrogens is 154 g/mol. The van der Waals surface area contributed by atoms with Crippen LogP contribution in [0.4, 0.5) is 0 Å². The van der Waals surface area contributed by atoms with E-state index in [2.05, 4.69) is 0 Å². The largest absolute Gasteiger partial charge is 0.480 e. The smallest absolute Gasteiger partial charge is 0.320 e. The van der Waals surface area contributed by atoms with Crippen molar-refractivity contribution in [2.24, 2.45) is 5.73 Å². The van der Waals surface area contributed by atoms with Crippen molar-refractivity contribution in [3.63, 3.8) is 0 Å². The van der Waals surface area contributed by atoms with Crippen LogP contribution < -0.4 is 5.73 Å². The number of carbonyl (C=O) groups is 1. The molecule has 0 saturated carbocycles. The first kappa shape index (κ1) is 7.31. The summed E-state index contributed by atoms with van der Waals surface area (Å²) in [6.07, 6.45) is -0.904. The zero-order valence-corrected chi connectivity index (χ0v) is 6.47. The predicted molar refractivity (Wildman–Crippen MR) is 45.8 cm³/mol. The third-order valence-corrected chi connectivity index (χ3v) is 1.46. The number of rotatable bonds is 3. The molecule has 0 aliphatic rings. The molecule has 0 aromatic heterocycles. The molecule has 1 aromatic carbocycles. The normalized spacial score (nSPS) is 16.2. The summed E-state index contributed by atoms with van der Waals surface area (Å²) in [4.78, 5) is 10.5. The molecule has 3 heteroatoms. The molecule has 0 radical (unpaired) electrons. The Morgan fingerprint density at radius 2 is 2.17 bits per heavy atom. The average Bonchev–Trinajstić information content (AvgIpc) is 2.17. The lowest BCUT2D eigenvalue weighted by atomic mass is 10.1. The van der Waals surface area contributed by atoms with E-state index in [1.807, 2.05) is 6.07 Å². The average molecular weight is 167 g/mol. The van der Waals surface area contributed by atoms with Crippen molar-refractivity contribution in [1.82, 2.24) is 0 Å². The number of nitrogens with two attached hydrogens (primary N) is 1. The van der Waals surface area contributed by atoms with E-state index in [0.29, 0.717) is 5.56 Å². The van der Waals surface area contributed by atoms with Crippen molar-refractivity contribution < 1.29 is 11.3 Å². The van der Waals surface area contributed by atoms with Crippen LogP contribution in [0.25, 0.3) is 0 Å². The van der Waals surface area contributed by atoms with Crippen molar-refractivity contribution in [3.05, 3.63) is 35.9 Å². The standard InChI is InChI=1S/C9H11NO2/c10-8(9(11)12)6-7-4-2-1-3-5-7/h1-5,8H,6,10H2,(H,11,12)/t8-/m0/s1/i6T/t6-,8-. The zero-order chi connectivity index (χ0) is 9.84. The second-order valence-corrected chi connectivity index (χ2v) is 2.44. The molecule has 0 aliphatic carbocycles. The maximum atomic E-state index is 10.5. The second kappa shape index (κ2) is 3.88. The molecule has 3 N–H and O–H groups in total. The third-order valence-electron chi connectivity index (χ3n) is 1.46. The second-order valence-electron chi connectivity index (χ2n) is 2.44. The number of aliphatic carboxylic acids is 1. The van der Waals surface area contributed by atoms with Gasteiger partial charge in [0.15, 0.2) is 0 Å². The Labute approximate surface area is 72.2 Å². The Hall–Kier alpha value is -1.35. The van der Waals surface area contributed by atoms with Crippen LogP contribution >= 0.6 is 0 Å². The van der Waals surface area contributed by atoms with Crippen molar-refractivity contribution >= 4 is 5.97 Å². The van der Waals surface area contributed by atoms with E-state index in [1.54, 1.807) is 24.3 Å². The van der Waals surface area contributed by atoms with E-state index in [0.717, 1.165) is 0 Å². The number of carboxylic acids is 1. The summed E-state index contributed by atoms with van der Waals surface area (Å²) in [5.41, 5.74) is 5.93. The Balaban J connectivity index is 2.79. The van der Waals surface area contributed by atoms with Crippen LogP contribution in [-0.2, 0) is 11.2 Å². The molecule has 0 aliphatic heterocycles. The van der Waals surface area contributed by atoms with Gasteiger partial charge in [-0.05, 0) is 12.0 Å². The maximum absolute atomic E-state index is 10.5. The van der Waals surface area contributed by atoms with Gasteiger partial charge in [0.2, 0.25) is 0 Å². The molecule has 0 spiro atoms. The zero-order valence-electron chi connectivity index (χ0n) is 7.47. The van der Waals surface area contributed by atoms with Gasteiger partial charge >= 0.3 is 5.97 Å². The summed E-state index contributed by atoms with van der Waals surface area (Å²) >= 11 is 0. The van der Waals surface area contributed by atoms with E-state index in [9.17, 15) is 4.79 Å². The van der Waals surface area contributed by atoms with E-state index in [1.165, 1.54) is 0 Å². The van der Waals surface area contributed by atoms with Gasteiger partial charge in [-0.2, -0.15) is 0 Å². The van der Waals surface area contributed by atoms with Gasteiger partial charge < -0.3 is 10.8 Å². The van der Waals surface area contributed by atoms with Crippen LogP contribution in [0.3, 0.4) is 0 Å². The molecule has 0 bridgehead atoms. The van der Waals surface area contributed by atoms with Crippen LogP contribution in [0.1, 0.15) is 6.93 Å². The van der Waals surface area contributed by atoms with Gasteiger partial charge in [-0.3, -0.25) is 4.79 Å². The number of carboxylic acid groups (broad SMARTS) is 1. The fraction of sp³-hybridized carbons (Fsp3) is 0.222. The molecular formula is C9H11NO2. The van der Waals surface area contributed by atoms with Crippen LogP contribution in [0, 0.1) is 0 Å². The minimum Gasteiger partial charge on any atom is -0.480 e. The first-order valence-corrected chi connectivity index (χ1v) is 3.58. The van der Waals surface area contributed by atoms with E-state index in [-0.39, 0.29) is 0 Å². The van der Waals surface area contributed by atoms with Crippen LogP contribution in [0.5, 0.6) is 0 Å². The van der Waals surface area contributed by atoms with Crippen LogP contribution in [0.15, 0.2) is 30.3 Å². The summed E-state index contributed by atoms with van der Waals surface area (Å²) in [5, 5.41) is 8.57. The summed E-state index contributed by atoms with van der Waals surface area (Å²) in [6, 6.07) is 7.54. The third kappa shape index (κ3) is 2.36. The van der Waals surface area contributed by atoms with Gasteiger partial charge in [-0.1, -0.05) is 30.3 Å².